The molecule has 0 N–H and O–H groups in total. The van der Waals surface area contributed by atoms with Gasteiger partial charge in [0.15, 0.2) is 0 Å². The van der Waals surface area contributed by atoms with Crippen LogP contribution in [0.15, 0.2) is 152 Å². The van der Waals surface area contributed by atoms with Crippen molar-refractivity contribution >= 4 is 63.0 Å². The third kappa shape index (κ3) is 4.51. The molecule has 0 radical (unpaired) electrons. The SMILES string of the molecule is N#Cc1ccccc1-c1cccc(-c2cc(-c3ccc4sc5ccccc5c4c3)cc(-c3ccc4sc5ccccc5c4c3)c2)c1. The molecule has 9 rings (SSSR count). The molecular formula is C43H25NS2. The molecule has 0 bridgehead atoms. The molecule has 0 unspecified atom stereocenters. The molecule has 0 aliphatic rings. The van der Waals surface area contributed by atoms with Crippen LogP contribution in [0.2, 0.25) is 0 Å². The van der Waals surface area contributed by atoms with Gasteiger partial charge in [0.1, 0.15) is 0 Å². The van der Waals surface area contributed by atoms with E-state index in [4.69, 9.17) is 0 Å². The lowest BCUT2D eigenvalue weighted by atomic mass is 9.91. The van der Waals surface area contributed by atoms with E-state index in [1.54, 1.807) is 0 Å². The monoisotopic (exact) mass is 619 g/mol. The van der Waals surface area contributed by atoms with Crippen molar-refractivity contribution in [1.82, 2.24) is 0 Å². The van der Waals surface area contributed by atoms with Gasteiger partial charge in [0.05, 0.1) is 11.6 Å². The van der Waals surface area contributed by atoms with Crippen LogP contribution in [-0.2, 0) is 0 Å². The van der Waals surface area contributed by atoms with Crippen LogP contribution in [-0.4, -0.2) is 0 Å². The van der Waals surface area contributed by atoms with E-state index in [-0.39, 0.29) is 0 Å². The van der Waals surface area contributed by atoms with Crippen LogP contribution in [0, 0.1) is 11.3 Å². The zero-order valence-electron chi connectivity index (χ0n) is 24.7. The Morgan fingerprint density at radius 3 is 1.39 bits per heavy atom. The Labute approximate surface area is 274 Å². The van der Waals surface area contributed by atoms with Crippen LogP contribution in [0.3, 0.4) is 0 Å². The first-order valence-electron chi connectivity index (χ1n) is 15.3. The zero-order valence-corrected chi connectivity index (χ0v) is 26.3. The highest BCUT2D eigenvalue weighted by atomic mass is 32.1. The molecule has 3 heteroatoms. The van der Waals surface area contributed by atoms with Gasteiger partial charge in [0.2, 0.25) is 0 Å². The summed E-state index contributed by atoms with van der Waals surface area (Å²) in [5.41, 5.74) is 9.71. The number of fused-ring (bicyclic) bond motifs is 6. The molecule has 214 valence electrons. The van der Waals surface area contributed by atoms with Gasteiger partial charge in [-0.1, -0.05) is 84.9 Å². The highest BCUT2D eigenvalue weighted by molar-refractivity contribution is 7.26. The fraction of sp³-hybridized carbons (Fsp3) is 0. The summed E-state index contributed by atoms with van der Waals surface area (Å²) in [6.45, 7) is 0. The average molecular weight is 620 g/mol. The summed E-state index contributed by atoms with van der Waals surface area (Å²) in [5.74, 6) is 0. The van der Waals surface area contributed by atoms with E-state index in [1.165, 1.54) is 62.6 Å². The molecule has 0 amide bonds. The van der Waals surface area contributed by atoms with Gasteiger partial charge in [-0.2, -0.15) is 5.26 Å². The summed E-state index contributed by atoms with van der Waals surface area (Å²) < 4.78 is 5.24. The standard InChI is InChI=1S/C43H25NS2/c44-26-31-8-1-2-11-35(31)30-10-7-9-27(20-30)32-21-33(28-16-18-42-38(24-28)36-12-3-5-14-40(36)45-42)23-34(22-32)29-17-19-43-39(25-29)37-13-4-6-15-41(37)46-43/h1-25H. The van der Waals surface area contributed by atoms with Gasteiger partial charge >= 0.3 is 0 Å². The molecule has 2 heterocycles. The Bertz CT molecular complexity index is 2530. The number of nitrogens with zero attached hydrogens (tertiary/aromatic N) is 1. The normalized spacial score (nSPS) is 11.5. The molecule has 0 spiro atoms. The van der Waals surface area contributed by atoms with Gasteiger partial charge in [0, 0.05) is 40.3 Å². The summed E-state index contributed by atoms with van der Waals surface area (Å²) in [7, 11) is 0. The number of rotatable bonds is 4. The smallest absolute Gasteiger partial charge is 0.0998 e. The summed E-state index contributed by atoms with van der Waals surface area (Å²) >= 11 is 3.70. The van der Waals surface area contributed by atoms with Crippen molar-refractivity contribution in [1.29, 1.82) is 5.26 Å². The maximum Gasteiger partial charge on any atom is 0.0998 e. The summed E-state index contributed by atoms with van der Waals surface area (Å²) in [6.07, 6.45) is 0. The third-order valence-corrected chi connectivity index (χ3v) is 11.2. The van der Waals surface area contributed by atoms with Gasteiger partial charge in [0.25, 0.3) is 0 Å². The lowest BCUT2D eigenvalue weighted by Gasteiger charge is -2.13. The van der Waals surface area contributed by atoms with Crippen molar-refractivity contribution in [2.75, 3.05) is 0 Å². The number of thiophene rings is 2. The molecular weight excluding hydrogens is 595 g/mol. The maximum atomic E-state index is 9.79. The molecule has 0 saturated carbocycles. The predicted octanol–water partition coefficient (Wildman–Crippen LogP) is 13.0. The minimum absolute atomic E-state index is 0.682. The van der Waals surface area contributed by atoms with Crippen molar-refractivity contribution in [3.63, 3.8) is 0 Å². The molecule has 1 nitrogen and oxygen atoms in total. The van der Waals surface area contributed by atoms with Crippen LogP contribution in [0.1, 0.15) is 5.56 Å². The van der Waals surface area contributed by atoms with Crippen molar-refractivity contribution < 1.29 is 0 Å². The fourth-order valence-electron chi connectivity index (χ4n) is 6.64. The van der Waals surface area contributed by atoms with Gasteiger partial charge in [-0.05, 0) is 111 Å². The van der Waals surface area contributed by atoms with E-state index in [9.17, 15) is 5.26 Å². The van der Waals surface area contributed by atoms with Gasteiger partial charge in [-0.25, -0.2) is 0 Å². The molecule has 9 aromatic rings. The predicted molar refractivity (Wildman–Crippen MR) is 199 cm³/mol. The van der Waals surface area contributed by atoms with E-state index < -0.39 is 0 Å². The first kappa shape index (κ1) is 26.8. The second-order valence-corrected chi connectivity index (χ2v) is 13.8. The van der Waals surface area contributed by atoms with Gasteiger partial charge in [-0.3, -0.25) is 0 Å². The van der Waals surface area contributed by atoms with Crippen LogP contribution in [0.4, 0.5) is 0 Å². The summed E-state index contributed by atoms with van der Waals surface area (Å²) in [4.78, 5) is 0. The minimum Gasteiger partial charge on any atom is -0.192 e. The summed E-state index contributed by atoms with van der Waals surface area (Å²) in [6, 6.07) is 56.8. The minimum atomic E-state index is 0.682. The molecule has 7 aromatic carbocycles. The Kier molecular flexibility index (Phi) is 6.31. The van der Waals surface area contributed by atoms with Gasteiger partial charge in [-0.15, -0.1) is 22.7 Å². The topological polar surface area (TPSA) is 23.8 Å². The Hall–Kier alpha value is -5.53. The fourth-order valence-corrected chi connectivity index (χ4v) is 8.81. The maximum absolute atomic E-state index is 9.79. The van der Waals surface area contributed by atoms with Crippen LogP contribution < -0.4 is 0 Å². The Morgan fingerprint density at radius 1 is 0.348 bits per heavy atom. The number of nitriles is 1. The Morgan fingerprint density at radius 2 is 0.804 bits per heavy atom. The highest BCUT2D eigenvalue weighted by Gasteiger charge is 2.13. The van der Waals surface area contributed by atoms with Crippen molar-refractivity contribution in [3.8, 4) is 50.6 Å². The van der Waals surface area contributed by atoms with Crippen molar-refractivity contribution in [2.24, 2.45) is 0 Å². The molecule has 0 aliphatic heterocycles. The second-order valence-electron chi connectivity index (χ2n) is 11.7. The second kappa shape index (κ2) is 10.8. The first-order chi connectivity index (χ1) is 22.7. The largest absolute Gasteiger partial charge is 0.192 e. The van der Waals surface area contributed by atoms with Crippen molar-refractivity contribution in [3.05, 3.63) is 157 Å². The quantitative estimate of drug-likeness (QED) is 0.192. The van der Waals surface area contributed by atoms with E-state index >= 15 is 0 Å². The lowest BCUT2D eigenvalue weighted by Crippen LogP contribution is -1.88. The van der Waals surface area contributed by atoms with Crippen LogP contribution in [0.5, 0.6) is 0 Å². The molecule has 0 saturated heterocycles. The molecule has 46 heavy (non-hydrogen) atoms. The Balaban J connectivity index is 1.26. The van der Waals surface area contributed by atoms with Crippen molar-refractivity contribution in [2.45, 2.75) is 0 Å². The molecule has 0 aliphatic carbocycles. The number of benzene rings is 7. The van der Waals surface area contributed by atoms with Gasteiger partial charge < -0.3 is 0 Å². The molecule has 0 atom stereocenters. The summed E-state index contributed by atoms with van der Waals surface area (Å²) in [5, 5.41) is 15.0. The third-order valence-electron chi connectivity index (χ3n) is 8.91. The van der Waals surface area contributed by atoms with E-state index in [1.807, 2.05) is 46.9 Å². The average Bonchev–Trinajstić information content (AvgIpc) is 3.69. The molecule has 2 aromatic heterocycles. The highest BCUT2D eigenvalue weighted by Crippen LogP contribution is 2.41. The van der Waals surface area contributed by atoms with E-state index in [2.05, 4.69) is 133 Å². The van der Waals surface area contributed by atoms with Crippen LogP contribution >= 0.6 is 22.7 Å². The molecule has 0 fully saturated rings. The number of hydrogen-bond acceptors (Lipinski definition) is 3. The first-order valence-corrected chi connectivity index (χ1v) is 16.9. The van der Waals surface area contributed by atoms with E-state index in [0.29, 0.717) is 5.56 Å². The zero-order chi connectivity index (χ0) is 30.6. The lowest BCUT2D eigenvalue weighted by molar-refractivity contribution is 1.48. The van der Waals surface area contributed by atoms with Crippen LogP contribution in [0.25, 0.3) is 84.9 Å². The van der Waals surface area contributed by atoms with E-state index in [0.717, 1.165) is 22.3 Å². The number of hydrogen-bond donors (Lipinski definition) is 0.